The lowest BCUT2D eigenvalue weighted by Gasteiger charge is -2.36. The minimum absolute atomic E-state index is 0.0530. The van der Waals surface area contributed by atoms with E-state index in [4.69, 9.17) is 4.74 Å². The molecule has 0 saturated carbocycles. The van der Waals surface area contributed by atoms with Crippen molar-refractivity contribution in [1.29, 1.82) is 0 Å². The average molecular weight is 528 g/mol. The van der Waals surface area contributed by atoms with E-state index in [-0.39, 0.29) is 23.6 Å². The van der Waals surface area contributed by atoms with Crippen LogP contribution in [0.5, 0.6) is 11.8 Å². The number of fused-ring (bicyclic) bond motifs is 3. The van der Waals surface area contributed by atoms with Crippen LogP contribution in [0.25, 0.3) is 5.57 Å². The van der Waals surface area contributed by atoms with E-state index in [0.717, 1.165) is 28.7 Å². The number of amides is 1. The van der Waals surface area contributed by atoms with Crippen molar-refractivity contribution in [1.82, 2.24) is 25.2 Å². The van der Waals surface area contributed by atoms with Gasteiger partial charge in [-0.1, -0.05) is 19.2 Å². The number of nitrogens with one attached hydrogen (secondary N) is 1. The number of ether oxygens (including phenoxy) is 1. The molecule has 2 aliphatic carbocycles. The lowest BCUT2D eigenvalue weighted by atomic mass is 9.70. The number of carbonyl (C=O) groups excluding carboxylic acids is 1. The van der Waals surface area contributed by atoms with Gasteiger partial charge < -0.3 is 10.1 Å². The van der Waals surface area contributed by atoms with Crippen LogP contribution < -0.4 is 10.1 Å². The summed E-state index contributed by atoms with van der Waals surface area (Å²) in [6, 6.07) is 0. The largest absolute Gasteiger partial charge is 0.417 e. The summed E-state index contributed by atoms with van der Waals surface area (Å²) in [7, 11) is 2.42. The van der Waals surface area contributed by atoms with Crippen molar-refractivity contribution in [2.45, 2.75) is 51.7 Å². The fourth-order valence-electron chi connectivity index (χ4n) is 5.89. The molecule has 3 atom stereocenters. The van der Waals surface area contributed by atoms with Gasteiger partial charge in [-0.25, -0.2) is 23.7 Å². The zero-order chi connectivity index (χ0) is 26.1. The molecule has 1 amide bonds. The van der Waals surface area contributed by atoms with Crippen LogP contribution in [0.4, 0.5) is 8.78 Å². The lowest BCUT2D eigenvalue weighted by Crippen LogP contribution is -2.36. The van der Waals surface area contributed by atoms with Crippen LogP contribution in [-0.2, 0) is 17.8 Å². The van der Waals surface area contributed by atoms with Crippen molar-refractivity contribution < 1.29 is 18.3 Å². The molecule has 4 aliphatic rings. The Bertz CT molecular complexity index is 1280. The SMILES string of the molecule is CC1CC2=C(CCc3cnc(Oc4ncncc4CN4CC[C@@H](F)C4)c(F)c32)C2=C1CCNC2=O.CP. The number of alkyl halides is 1. The van der Waals surface area contributed by atoms with E-state index in [1.807, 2.05) is 11.6 Å². The minimum atomic E-state index is -0.842. The highest BCUT2D eigenvalue weighted by Gasteiger charge is 2.37. The topological polar surface area (TPSA) is 80.2 Å². The molecular formula is C27H32F2N5O2P. The number of allylic oxidation sites excluding steroid dienone is 1. The molecule has 1 saturated heterocycles. The summed E-state index contributed by atoms with van der Waals surface area (Å²) in [5, 5.41) is 2.95. The molecule has 2 aromatic heterocycles. The molecule has 7 nitrogen and oxygen atoms in total. The van der Waals surface area contributed by atoms with E-state index in [1.165, 1.54) is 11.9 Å². The predicted molar refractivity (Wildman–Crippen MR) is 140 cm³/mol. The first-order valence-corrected chi connectivity index (χ1v) is 14.0. The van der Waals surface area contributed by atoms with Crippen LogP contribution >= 0.6 is 9.24 Å². The quantitative estimate of drug-likeness (QED) is 0.594. The number of rotatable bonds is 4. The molecule has 0 bridgehead atoms. The summed E-state index contributed by atoms with van der Waals surface area (Å²) < 4.78 is 35.5. The van der Waals surface area contributed by atoms with E-state index in [1.54, 1.807) is 12.4 Å². The third kappa shape index (κ3) is 4.91. The summed E-state index contributed by atoms with van der Waals surface area (Å²) in [5.41, 5.74) is 5.76. The van der Waals surface area contributed by atoms with Gasteiger partial charge >= 0.3 is 0 Å². The predicted octanol–water partition coefficient (Wildman–Crippen LogP) is 4.39. The summed E-state index contributed by atoms with van der Waals surface area (Å²) >= 11 is 0. The second kappa shape index (κ2) is 10.9. The van der Waals surface area contributed by atoms with E-state index < -0.39 is 12.0 Å². The summed E-state index contributed by atoms with van der Waals surface area (Å²) in [5.74, 6) is -0.347. The number of aromatic nitrogens is 3. The Morgan fingerprint density at radius 3 is 2.78 bits per heavy atom. The molecule has 4 heterocycles. The third-order valence-corrected chi connectivity index (χ3v) is 7.56. The molecule has 196 valence electrons. The van der Waals surface area contributed by atoms with Gasteiger partial charge in [-0.05, 0) is 54.7 Å². The van der Waals surface area contributed by atoms with Gasteiger partial charge in [0.1, 0.15) is 12.5 Å². The smallest absolute Gasteiger partial charge is 0.258 e. The number of aryl methyl sites for hydroxylation is 1. The summed E-state index contributed by atoms with van der Waals surface area (Å²) in [4.78, 5) is 27.3. The van der Waals surface area contributed by atoms with Crippen LogP contribution in [0.2, 0.25) is 0 Å². The first-order chi connectivity index (χ1) is 18.0. The van der Waals surface area contributed by atoms with Crippen LogP contribution in [0.1, 0.15) is 49.3 Å². The Kier molecular flexibility index (Phi) is 7.63. The summed E-state index contributed by atoms with van der Waals surface area (Å²) in [6.07, 6.45) is 7.13. The first kappa shape index (κ1) is 25.9. The van der Waals surface area contributed by atoms with Crippen LogP contribution in [0.15, 0.2) is 35.4 Å². The van der Waals surface area contributed by atoms with Gasteiger partial charge in [0, 0.05) is 55.3 Å². The summed E-state index contributed by atoms with van der Waals surface area (Å²) in [6.45, 7) is 6.09. The van der Waals surface area contributed by atoms with Crippen molar-refractivity contribution in [3.63, 3.8) is 0 Å². The molecule has 1 N–H and O–H groups in total. The number of hydrogen-bond donors (Lipinski definition) is 1. The molecule has 1 fully saturated rings. The standard InChI is InChI=1S/C26H27F2N5O2.CH5P/c1-14-8-20-19(22-18(14)4-6-30-24(22)34)3-2-15-10-31-26(23(28)21(15)20)35-25-16(9-29-13-32-25)11-33-7-5-17(27)12-33;1-2/h9-10,13-14,17H,2-8,11-12H2,1H3,(H,30,34);2H2,1H3/t14?,17-;/m1./s1. The van der Waals surface area contributed by atoms with Crippen LogP contribution in [0, 0.1) is 11.7 Å². The highest BCUT2D eigenvalue weighted by Crippen LogP contribution is 2.48. The average Bonchev–Trinajstić information content (AvgIpc) is 3.32. The van der Waals surface area contributed by atoms with Gasteiger partial charge in [0.2, 0.25) is 5.88 Å². The Hall–Kier alpha value is -2.77. The highest BCUT2D eigenvalue weighted by molar-refractivity contribution is 7.15. The molecule has 0 spiro atoms. The molecule has 2 aliphatic heterocycles. The van der Waals surface area contributed by atoms with Gasteiger partial charge in [0.25, 0.3) is 11.8 Å². The molecule has 6 rings (SSSR count). The van der Waals surface area contributed by atoms with Crippen molar-refractivity contribution in [3.8, 4) is 11.8 Å². The highest BCUT2D eigenvalue weighted by atomic mass is 31.0. The molecule has 10 heteroatoms. The van der Waals surface area contributed by atoms with E-state index in [2.05, 4.69) is 36.4 Å². The molecule has 37 heavy (non-hydrogen) atoms. The van der Waals surface area contributed by atoms with Gasteiger partial charge in [-0.2, -0.15) is 0 Å². The number of hydrogen-bond acceptors (Lipinski definition) is 6. The zero-order valence-electron chi connectivity index (χ0n) is 21.2. The number of nitrogens with zero attached hydrogens (tertiary/aromatic N) is 4. The van der Waals surface area contributed by atoms with Crippen molar-refractivity contribution >= 4 is 20.7 Å². The van der Waals surface area contributed by atoms with Crippen LogP contribution in [0.3, 0.4) is 0 Å². The van der Waals surface area contributed by atoms with E-state index in [9.17, 15) is 9.18 Å². The van der Waals surface area contributed by atoms with Crippen molar-refractivity contribution in [2.75, 3.05) is 26.3 Å². The fraction of sp³-hybridized carbons (Fsp3) is 0.481. The second-order valence-electron chi connectivity index (χ2n) is 9.82. The maximum absolute atomic E-state index is 16.0. The Morgan fingerprint density at radius 2 is 2.00 bits per heavy atom. The van der Waals surface area contributed by atoms with Crippen molar-refractivity contribution in [2.24, 2.45) is 5.92 Å². The molecular weight excluding hydrogens is 495 g/mol. The van der Waals surface area contributed by atoms with Gasteiger partial charge in [-0.15, -0.1) is 9.24 Å². The second-order valence-corrected chi connectivity index (χ2v) is 9.82. The molecule has 2 aromatic rings. The first-order valence-electron chi connectivity index (χ1n) is 12.8. The minimum Gasteiger partial charge on any atom is -0.417 e. The number of pyridine rings is 1. The monoisotopic (exact) mass is 527 g/mol. The zero-order valence-corrected chi connectivity index (χ0v) is 22.3. The Morgan fingerprint density at radius 1 is 1.16 bits per heavy atom. The third-order valence-electron chi connectivity index (χ3n) is 7.56. The number of carbonyl (C=O) groups is 1. The molecule has 2 unspecified atom stereocenters. The lowest BCUT2D eigenvalue weighted by molar-refractivity contribution is -0.117. The van der Waals surface area contributed by atoms with Gasteiger partial charge in [0.15, 0.2) is 5.82 Å². The molecule has 0 aromatic carbocycles. The fourth-order valence-corrected chi connectivity index (χ4v) is 5.89. The normalized spacial score (nSPS) is 23.0. The molecule has 0 radical (unpaired) electrons. The van der Waals surface area contributed by atoms with E-state index in [0.29, 0.717) is 63.0 Å². The van der Waals surface area contributed by atoms with Gasteiger partial charge in [0.05, 0.1) is 0 Å². The Labute approximate surface area is 218 Å². The van der Waals surface area contributed by atoms with Crippen molar-refractivity contribution in [3.05, 3.63) is 57.9 Å². The van der Waals surface area contributed by atoms with Gasteiger partial charge in [-0.3, -0.25) is 9.69 Å². The Balaban J connectivity index is 0.00000137. The maximum atomic E-state index is 16.0. The van der Waals surface area contributed by atoms with E-state index >= 15 is 4.39 Å². The number of halogens is 2. The number of likely N-dealkylation sites (tertiary alicyclic amines) is 1. The van der Waals surface area contributed by atoms with Crippen LogP contribution in [-0.4, -0.2) is 58.2 Å². The maximum Gasteiger partial charge on any atom is 0.258 e.